The minimum Gasteiger partial charge on any atom is -0.370 e. The fraction of sp³-hybridized carbons (Fsp3) is 0.762. The maximum atomic E-state index is 13.8. The van der Waals surface area contributed by atoms with Crippen LogP contribution in [0.4, 0.5) is 22.0 Å². The van der Waals surface area contributed by atoms with Gasteiger partial charge in [-0.15, -0.1) is 0 Å². The summed E-state index contributed by atoms with van der Waals surface area (Å²) in [5.74, 6) is -2.60. The molecule has 0 bridgehead atoms. The van der Waals surface area contributed by atoms with E-state index in [0.29, 0.717) is 12.4 Å². The molecule has 0 aliphatic carbocycles. The van der Waals surface area contributed by atoms with Gasteiger partial charge in [0.1, 0.15) is 5.82 Å². The second kappa shape index (κ2) is 12.9. The van der Waals surface area contributed by atoms with E-state index in [9.17, 15) is 22.0 Å². The number of allylic oxidation sites excluding steroid dienone is 3. The maximum absolute atomic E-state index is 13.8. The van der Waals surface area contributed by atoms with Crippen LogP contribution in [0.1, 0.15) is 73.1 Å². The van der Waals surface area contributed by atoms with Crippen LogP contribution >= 0.6 is 0 Å². The summed E-state index contributed by atoms with van der Waals surface area (Å²) >= 11 is 0. The first-order valence-corrected chi connectivity index (χ1v) is 10.1. The number of unbranched alkanes of at least 4 members (excludes halogenated alkanes) is 1. The van der Waals surface area contributed by atoms with Crippen molar-refractivity contribution in [3.63, 3.8) is 0 Å². The van der Waals surface area contributed by atoms with Gasteiger partial charge in [-0.05, 0) is 37.7 Å². The molecule has 0 heterocycles. The molecule has 0 aromatic carbocycles. The Bertz CT molecular complexity index is 521. The zero-order valence-electron chi connectivity index (χ0n) is 17.7. The van der Waals surface area contributed by atoms with Crippen LogP contribution in [0.3, 0.4) is 0 Å². The Morgan fingerprint density at radius 3 is 2.21 bits per heavy atom. The highest BCUT2D eigenvalue weighted by atomic mass is 19.4. The molecule has 0 aliphatic heterocycles. The van der Waals surface area contributed by atoms with Gasteiger partial charge in [0.15, 0.2) is 0 Å². The standard InChI is InChI=1S/C21H35F5N2/c1-6-10-12-17(16(5)13-20(22,23)9-4)14-27-19(8-3)28-15-18(11-7-2)21(24,25)26/h8,11,15-17,27H,6-7,9-10,12-14H2,1-5H3/b18-11+,19-8-,28-15+/t16?,17-/m1/s1. The van der Waals surface area contributed by atoms with Crippen LogP contribution in [0.25, 0.3) is 0 Å². The molecule has 0 aromatic heterocycles. The van der Waals surface area contributed by atoms with Crippen LogP contribution in [0, 0.1) is 11.8 Å². The van der Waals surface area contributed by atoms with Gasteiger partial charge in [0, 0.05) is 25.6 Å². The predicted octanol–water partition coefficient (Wildman–Crippen LogP) is 7.28. The van der Waals surface area contributed by atoms with Gasteiger partial charge < -0.3 is 5.32 Å². The third kappa shape index (κ3) is 10.8. The normalized spacial score (nSPS) is 16.5. The first-order valence-electron chi connectivity index (χ1n) is 10.1. The molecule has 2 nitrogen and oxygen atoms in total. The van der Waals surface area contributed by atoms with E-state index in [0.717, 1.165) is 31.6 Å². The molecule has 164 valence electrons. The van der Waals surface area contributed by atoms with Gasteiger partial charge in [-0.1, -0.05) is 46.6 Å². The van der Waals surface area contributed by atoms with E-state index in [1.165, 1.54) is 6.92 Å². The molecule has 0 rings (SSSR count). The second-order valence-corrected chi connectivity index (χ2v) is 7.17. The van der Waals surface area contributed by atoms with Crippen molar-refractivity contribution >= 4 is 6.21 Å². The van der Waals surface area contributed by atoms with Crippen molar-refractivity contribution in [3.05, 3.63) is 23.5 Å². The Morgan fingerprint density at radius 2 is 1.75 bits per heavy atom. The van der Waals surface area contributed by atoms with Crippen LogP contribution < -0.4 is 5.32 Å². The minimum atomic E-state index is -4.46. The molecule has 1 N–H and O–H groups in total. The zero-order valence-corrected chi connectivity index (χ0v) is 17.7. The molecular weight excluding hydrogens is 375 g/mol. The molecule has 0 aromatic rings. The number of hydrogen-bond donors (Lipinski definition) is 1. The lowest BCUT2D eigenvalue weighted by atomic mass is 9.84. The van der Waals surface area contributed by atoms with Gasteiger partial charge in [-0.25, -0.2) is 13.8 Å². The minimum absolute atomic E-state index is 0.00389. The summed E-state index contributed by atoms with van der Waals surface area (Å²) in [4.78, 5) is 3.92. The Balaban J connectivity index is 5.09. The van der Waals surface area contributed by atoms with Crippen molar-refractivity contribution in [2.45, 2.75) is 85.2 Å². The first-order chi connectivity index (χ1) is 13.0. The number of nitrogens with zero attached hydrogens (tertiary/aromatic N) is 1. The average Bonchev–Trinajstić information content (AvgIpc) is 2.61. The smallest absolute Gasteiger partial charge is 0.370 e. The average molecular weight is 411 g/mol. The quantitative estimate of drug-likeness (QED) is 0.250. The number of alkyl halides is 5. The molecule has 0 aliphatic rings. The highest BCUT2D eigenvalue weighted by molar-refractivity contribution is 5.80. The van der Waals surface area contributed by atoms with Crippen LogP contribution in [0.15, 0.2) is 28.5 Å². The lowest BCUT2D eigenvalue weighted by Gasteiger charge is -2.28. The highest BCUT2D eigenvalue weighted by Gasteiger charge is 2.33. The lowest BCUT2D eigenvalue weighted by molar-refractivity contribution is -0.0858. The van der Waals surface area contributed by atoms with E-state index in [1.807, 2.05) is 13.8 Å². The van der Waals surface area contributed by atoms with E-state index in [-0.39, 0.29) is 31.1 Å². The van der Waals surface area contributed by atoms with Gasteiger partial charge in [0.05, 0.1) is 5.57 Å². The zero-order chi connectivity index (χ0) is 21.8. The number of rotatable bonds is 13. The summed E-state index contributed by atoms with van der Waals surface area (Å²) < 4.78 is 66.4. The van der Waals surface area contributed by atoms with Crippen molar-refractivity contribution in [2.75, 3.05) is 6.54 Å². The van der Waals surface area contributed by atoms with Crippen LogP contribution in [-0.4, -0.2) is 24.9 Å². The Morgan fingerprint density at radius 1 is 1.11 bits per heavy atom. The van der Waals surface area contributed by atoms with Gasteiger partial charge >= 0.3 is 6.18 Å². The third-order valence-corrected chi connectivity index (χ3v) is 4.78. The topological polar surface area (TPSA) is 24.4 Å². The number of halogens is 5. The predicted molar refractivity (Wildman–Crippen MR) is 107 cm³/mol. The van der Waals surface area contributed by atoms with Crippen LogP contribution in [0.2, 0.25) is 0 Å². The Kier molecular flexibility index (Phi) is 12.3. The van der Waals surface area contributed by atoms with Gasteiger partial charge in [0.25, 0.3) is 0 Å². The summed E-state index contributed by atoms with van der Waals surface area (Å²) in [6.07, 6.45) is 1.54. The summed E-state index contributed by atoms with van der Waals surface area (Å²) in [5.41, 5.74) is -0.797. The molecule has 0 saturated carbocycles. The van der Waals surface area contributed by atoms with Crippen molar-refractivity contribution in [2.24, 2.45) is 16.8 Å². The van der Waals surface area contributed by atoms with Crippen molar-refractivity contribution in [1.29, 1.82) is 0 Å². The molecule has 0 saturated heterocycles. The van der Waals surface area contributed by atoms with Gasteiger partial charge in [-0.2, -0.15) is 13.2 Å². The molecule has 28 heavy (non-hydrogen) atoms. The summed E-state index contributed by atoms with van der Waals surface area (Å²) in [5, 5.41) is 3.04. The van der Waals surface area contributed by atoms with Crippen molar-refractivity contribution in [3.8, 4) is 0 Å². The fourth-order valence-corrected chi connectivity index (χ4v) is 2.89. The number of nitrogens with one attached hydrogen (secondary N) is 1. The summed E-state index contributed by atoms with van der Waals surface area (Å²) in [6, 6.07) is 0. The first kappa shape index (κ1) is 26.6. The highest BCUT2D eigenvalue weighted by Crippen LogP contribution is 2.32. The molecule has 0 amide bonds. The molecule has 1 unspecified atom stereocenters. The molecular formula is C21H35F5N2. The van der Waals surface area contributed by atoms with E-state index in [2.05, 4.69) is 10.3 Å². The lowest BCUT2D eigenvalue weighted by Crippen LogP contribution is -2.30. The number of hydrogen-bond acceptors (Lipinski definition) is 2. The SMILES string of the molecule is C\C=C(/N=C/C(=C\CC)C(F)(F)F)NC[C@@H](CCCC)C(C)CC(F)(F)CC. The van der Waals surface area contributed by atoms with E-state index in [4.69, 9.17) is 0 Å². The molecule has 0 radical (unpaired) electrons. The Hall–Kier alpha value is -1.40. The van der Waals surface area contributed by atoms with E-state index >= 15 is 0 Å². The maximum Gasteiger partial charge on any atom is 0.417 e. The molecule has 0 fully saturated rings. The monoisotopic (exact) mass is 410 g/mol. The van der Waals surface area contributed by atoms with Crippen molar-refractivity contribution < 1.29 is 22.0 Å². The third-order valence-electron chi connectivity index (χ3n) is 4.78. The van der Waals surface area contributed by atoms with Crippen LogP contribution in [0.5, 0.6) is 0 Å². The second-order valence-electron chi connectivity index (χ2n) is 7.17. The van der Waals surface area contributed by atoms with Crippen molar-refractivity contribution in [1.82, 2.24) is 5.32 Å². The number of aliphatic imine (C=N–C) groups is 1. The van der Waals surface area contributed by atoms with E-state index < -0.39 is 17.7 Å². The van der Waals surface area contributed by atoms with Gasteiger partial charge in [0.2, 0.25) is 5.92 Å². The Labute approximate surface area is 166 Å². The largest absolute Gasteiger partial charge is 0.417 e. The summed E-state index contributed by atoms with van der Waals surface area (Å²) in [7, 11) is 0. The van der Waals surface area contributed by atoms with Crippen LogP contribution in [-0.2, 0) is 0 Å². The molecule has 2 atom stereocenters. The van der Waals surface area contributed by atoms with Gasteiger partial charge in [-0.3, -0.25) is 0 Å². The molecule has 0 spiro atoms. The molecule has 7 heteroatoms. The fourth-order valence-electron chi connectivity index (χ4n) is 2.89. The summed E-state index contributed by atoms with van der Waals surface area (Å²) in [6.45, 7) is 9.02. The van der Waals surface area contributed by atoms with E-state index in [1.54, 1.807) is 19.9 Å².